The molecule has 0 aliphatic carbocycles. The summed E-state index contributed by atoms with van der Waals surface area (Å²) in [4.78, 5) is 26.2. The molecule has 0 saturated carbocycles. The van der Waals surface area contributed by atoms with E-state index in [1.54, 1.807) is 6.20 Å². The van der Waals surface area contributed by atoms with E-state index in [0.29, 0.717) is 35.6 Å². The van der Waals surface area contributed by atoms with Crippen LogP contribution in [0.5, 0.6) is 0 Å². The van der Waals surface area contributed by atoms with E-state index < -0.39 is 0 Å². The molecule has 184 valence electrons. The van der Waals surface area contributed by atoms with E-state index in [4.69, 9.17) is 16.3 Å². The molecule has 0 unspecified atom stereocenters. The number of hydrogen-bond donors (Lipinski definition) is 2. The highest BCUT2D eigenvalue weighted by atomic mass is 35.5. The van der Waals surface area contributed by atoms with Crippen molar-refractivity contribution < 1.29 is 9.53 Å². The van der Waals surface area contributed by atoms with Crippen LogP contribution in [0.4, 0.5) is 28.8 Å². The lowest BCUT2D eigenvalue weighted by Gasteiger charge is -2.30. The second kappa shape index (κ2) is 10.5. The third-order valence-electron chi connectivity index (χ3n) is 5.48. The zero-order chi connectivity index (χ0) is 25.0. The number of ether oxygens (including phenoxy) is 1. The molecular weight excluding hydrogens is 464 g/mol. The van der Waals surface area contributed by atoms with Crippen LogP contribution in [-0.4, -0.2) is 54.8 Å². The fourth-order valence-electron chi connectivity index (χ4n) is 3.77. The number of hydrogen-bond acceptors (Lipinski definition) is 7. The van der Waals surface area contributed by atoms with Crippen LogP contribution in [-0.2, 0) is 4.74 Å². The summed E-state index contributed by atoms with van der Waals surface area (Å²) in [5.74, 6) is 1.00. The van der Waals surface area contributed by atoms with Crippen LogP contribution in [0.1, 0.15) is 31.1 Å². The van der Waals surface area contributed by atoms with Crippen molar-refractivity contribution in [2.75, 3.05) is 48.5 Å². The highest BCUT2D eigenvalue weighted by Gasteiger charge is 2.19. The average molecular weight is 495 g/mol. The maximum Gasteiger partial charge on any atom is 0.251 e. The van der Waals surface area contributed by atoms with Gasteiger partial charge in [-0.1, -0.05) is 17.7 Å². The van der Waals surface area contributed by atoms with Crippen LogP contribution < -0.4 is 20.4 Å². The Balaban J connectivity index is 1.63. The Hall–Kier alpha value is -3.36. The Kier molecular flexibility index (Phi) is 7.42. The van der Waals surface area contributed by atoms with Gasteiger partial charge in [-0.05, 0) is 63.2 Å². The van der Waals surface area contributed by atoms with Gasteiger partial charge in [0.2, 0.25) is 5.95 Å². The first-order valence-corrected chi connectivity index (χ1v) is 12.0. The smallest absolute Gasteiger partial charge is 0.251 e. The monoisotopic (exact) mass is 494 g/mol. The van der Waals surface area contributed by atoms with E-state index in [9.17, 15) is 4.79 Å². The summed E-state index contributed by atoms with van der Waals surface area (Å²) >= 11 is 6.16. The molecule has 1 saturated heterocycles. The van der Waals surface area contributed by atoms with Gasteiger partial charge >= 0.3 is 0 Å². The van der Waals surface area contributed by atoms with Crippen molar-refractivity contribution in [3.8, 4) is 0 Å². The fraction of sp³-hybridized carbons (Fsp3) is 0.346. The summed E-state index contributed by atoms with van der Waals surface area (Å²) in [6.45, 7) is 8.73. The van der Waals surface area contributed by atoms with Gasteiger partial charge in [0.25, 0.3) is 5.91 Å². The number of carbonyl (C=O) groups excluding carboxylic acids is 1. The Morgan fingerprint density at radius 1 is 1.11 bits per heavy atom. The molecule has 0 atom stereocenters. The molecule has 2 N–H and O–H groups in total. The largest absolute Gasteiger partial charge is 0.378 e. The molecule has 1 fully saturated rings. The maximum absolute atomic E-state index is 13.0. The number of morpholine rings is 1. The first-order valence-electron chi connectivity index (χ1n) is 11.6. The third kappa shape index (κ3) is 6.61. The second-order valence-electron chi connectivity index (χ2n) is 9.47. The summed E-state index contributed by atoms with van der Waals surface area (Å²) in [6.07, 6.45) is 1.70. The van der Waals surface area contributed by atoms with Gasteiger partial charge in [-0.15, -0.1) is 0 Å². The molecule has 9 heteroatoms. The van der Waals surface area contributed by atoms with Gasteiger partial charge in [0.15, 0.2) is 0 Å². The van der Waals surface area contributed by atoms with Crippen molar-refractivity contribution in [3.05, 3.63) is 65.3 Å². The minimum Gasteiger partial charge on any atom is -0.378 e. The van der Waals surface area contributed by atoms with Gasteiger partial charge < -0.3 is 25.2 Å². The number of amides is 1. The van der Waals surface area contributed by atoms with Gasteiger partial charge in [-0.3, -0.25) is 4.79 Å². The quantitative estimate of drug-likeness (QED) is 0.498. The molecule has 1 amide bonds. The van der Waals surface area contributed by atoms with E-state index in [1.165, 1.54) is 0 Å². The zero-order valence-corrected chi connectivity index (χ0v) is 21.3. The minimum absolute atomic E-state index is 0.133. The van der Waals surface area contributed by atoms with Gasteiger partial charge in [-0.2, -0.15) is 4.98 Å². The van der Waals surface area contributed by atoms with Crippen molar-refractivity contribution in [2.24, 2.45) is 0 Å². The molecule has 1 aromatic heterocycles. The summed E-state index contributed by atoms with van der Waals surface area (Å²) < 4.78 is 5.50. The van der Waals surface area contributed by atoms with Crippen LogP contribution in [0.15, 0.2) is 54.7 Å². The molecule has 1 aliphatic rings. The molecule has 1 aliphatic heterocycles. The van der Waals surface area contributed by atoms with Crippen LogP contribution in [0.25, 0.3) is 0 Å². The third-order valence-corrected chi connectivity index (χ3v) is 5.72. The van der Waals surface area contributed by atoms with Crippen molar-refractivity contribution in [3.63, 3.8) is 0 Å². The Morgan fingerprint density at radius 2 is 1.89 bits per heavy atom. The fourth-order valence-corrected chi connectivity index (χ4v) is 3.96. The first-order chi connectivity index (χ1) is 16.7. The summed E-state index contributed by atoms with van der Waals surface area (Å²) in [5, 5.41) is 6.99. The molecule has 35 heavy (non-hydrogen) atoms. The average Bonchev–Trinajstić information content (AvgIpc) is 2.83. The van der Waals surface area contributed by atoms with Crippen LogP contribution in [0.2, 0.25) is 5.02 Å². The van der Waals surface area contributed by atoms with Gasteiger partial charge in [0.05, 0.1) is 13.2 Å². The predicted octanol–water partition coefficient (Wildman–Crippen LogP) is 5.01. The first kappa shape index (κ1) is 24.8. The number of anilines is 5. The van der Waals surface area contributed by atoms with E-state index in [1.807, 2.05) is 81.2 Å². The van der Waals surface area contributed by atoms with Crippen LogP contribution >= 0.6 is 11.6 Å². The van der Waals surface area contributed by atoms with Gasteiger partial charge in [0.1, 0.15) is 5.82 Å². The summed E-state index contributed by atoms with van der Waals surface area (Å²) in [7, 11) is 1.92. The van der Waals surface area contributed by atoms with Gasteiger partial charge in [-0.25, -0.2) is 4.98 Å². The Bertz CT molecular complexity index is 1190. The lowest BCUT2D eigenvalue weighted by Crippen LogP contribution is -2.41. The van der Waals surface area contributed by atoms with E-state index in [-0.39, 0.29) is 11.4 Å². The van der Waals surface area contributed by atoms with Crippen LogP contribution in [0.3, 0.4) is 0 Å². The standard InChI is InChI=1S/C26H31ClN6O2/c1-26(2,3)31-24(34)18-14-20(17-22(15-18)33-10-12-35-13-11-33)29-25-28-9-8-23(30-25)32(4)21-7-5-6-19(27)16-21/h5-9,14-17H,10-13H2,1-4H3,(H,31,34)(H,28,29,30). The molecule has 0 bridgehead atoms. The van der Waals surface area contributed by atoms with Crippen molar-refractivity contribution in [2.45, 2.75) is 26.3 Å². The molecule has 2 aromatic carbocycles. The number of benzene rings is 2. The molecule has 0 radical (unpaired) electrons. The normalized spacial score (nSPS) is 13.9. The number of halogens is 1. The van der Waals surface area contributed by atoms with Crippen molar-refractivity contribution in [1.29, 1.82) is 0 Å². The number of aromatic nitrogens is 2. The van der Waals surface area contributed by atoms with Crippen LogP contribution in [0, 0.1) is 0 Å². The number of nitrogens with one attached hydrogen (secondary N) is 2. The van der Waals surface area contributed by atoms with Crippen molar-refractivity contribution in [1.82, 2.24) is 15.3 Å². The number of rotatable bonds is 6. The van der Waals surface area contributed by atoms with Gasteiger partial charge in [0, 0.05) is 59.5 Å². The molecule has 0 spiro atoms. The second-order valence-corrected chi connectivity index (χ2v) is 9.91. The number of carbonyl (C=O) groups is 1. The topological polar surface area (TPSA) is 82.6 Å². The minimum atomic E-state index is -0.345. The molecule has 4 rings (SSSR count). The lowest BCUT2D eigenvalue weighted by atomic mass is 10.1. The highest BCUT2D eigenvalue weighted by Crippen LogP contribution is 2.28. The zero-order valence-electron chi connectivity index (χ0n) is 20.5. The number of nitrogens with zero attached hydrogens (tertiary/aromatic N) is 4. The lowest BCUT2D eigenvalue weighted by molar-refractivity contribution is 0.0919. The predicted molar refractivity (Wildman–Crippen MR) is 142 cm³/mol. The SMILES string of the molecule is CN(c1cccc(Cl)c1)c1ccnc(Nc2cc(C(=O)NC(C)(C)C)cc(N3CCOCC3)c2)n1. The molecule has 3 aromatic rings. The van der Waals surface area contributed by atoms with E-state index >= 15 is 0 Å². The maximum atomic E-state index is 13.0. The Morgan fingerprint density at radius 3 is 2.60 bits per heavy atom. The molecule has 8 nitrogen and oxygen atoms in total. The Labute approximate surface area is 211 Å². The molecule has 2 heterocycles. The van der Waals surface area contributed by atoms with E-state index in [0.717, 1.165) is 30.2 Å². The van der Waals surface area contributed by atoms with Crippen molar-refractivity contribution >= 4 is 46.3 Å². The summed E-state index contributed by atoms with van der Waals surface area (Å²) in [6, 6.07) is 15.2. The molecular formula is C26H31ClN6O2. The highest BCUT2D eigenvalue weighted by molar-refractivity contribution is 6.30. The van der Waals surface area contributed by atoms with E-state index in [2.05, 4.69) is 25.5 Å². The summed E-state index contributed by atoms with van der Waals surface area (Å²) in [5.41, 5.74) is 2.82.